The minimum absolute atomic E-state index is 0.00572. The van der Waals surface area contributed by atoms with E-state index in [2.05, 4.69) is 15.5 Å². The fraction of sp³-hybridized carbons (Fsp3) is 0.435. The van der Waals surface area contributed by atoms with Crippen LogP contribution < -0.4 is 10.6 Å². The van der Waals surface area contributed by atoms with Crippen LogP contribution in [0.2, 0.25) is 0 Å². The largest absolute Gasteiger partial charge is 0.352 e. The maximum Gasteiger partial charge on any atom is 0.242 e. The summed E-state index contributed by atoms with van der Waals surface area (Å²) in [6, 6.07) is 14.3. The molecule has 7 heteroatoms. The second kappa shape index (κ2) is 9.26. The average Bonchev–Trinajstić information content (AvgIpc) is 3.56. The van der Waals surface area contributed by atoms with E-state index in [9.17, 15) is 14.4 Å². The van der Waals surface area contributed by atoms with Crippen molar-refractivity contribution >= 4 is 28.5 Å². The van der Waals surface area contributed by atoms with Gasteiger partial charge in [-0.15, -0.1) is 0 Å². The highest BCUT2D eigenvalue weighted by molar-refractivity contribution is 5.91. The molecule has 1 aliphatic heterocycles. The number of hydrogen-bond donors (Lipinski definition) is 2. The molecule has 2 fully saturated rings. The van der Waals surface area contributed by atoms with E-state index in [-0.39, 0.29) is 30.7 Å². The Morgan fingerprint density at radius 1 is 0.900 bits per heavy atom. The van der Waals surface area contributed by atoms with Crippen molar-refractivity contribution in [1.82, 2.24) is 20.4 Å². The van der Waals surface area contributed by atoms with Crippen molar-refractivity contribution in [2.45, 2.75) is 25.3 Å². The third kappa shape index (κ3) is 5.36. The van der Waals surface area contributed by atoms with Crippen molar-refractivity contribution in [2.75, 3.05) is 39.3 Å². The second-order valence-corrected chi connectivity index (χ2v) is 8.09. The van der Waals surface area contributed by atoms with E-state index in [1.165, 1.54) is 0 Å². The molecule has 7 nitrogen and oxygen atoms in total. The van der Waals surface area contributed by atoms with E-state index in [1.807, 2.05) is 42.5 Å². The first kappa shape index (κ1) is 20.3. The lowest BCUT2D eigenvalue weighted by molar-refractivity contribution is -0.134. The fourth-order valence-electron chi connectivity index (χ4n) is 3.83. The first-order valence-electron chi connectivity index (χ1n) is 10.6. The van der Waals surface area contributed by atoms with Crippen molar-refractivity contribution in [2.24, 2.45) is 0 Å². The van der Waals surface area contributed by atoms with E-state index in [0.717, 1.165) is 29.2 Å². The van der Waals surface area contributed by atoms with Crippen LogP contribution in [-0.4, -0.2) is 72.8 Å². The molecule has 2 N–H and O–H groups in total. The summed E-state index contributed by atoms with van der Waals surface area (Å²) in [7, 11) is 0. The highest BCUT2D eigenvalue weighted by Gasteiger charge is 2.26. The van der Waals surface area contributed by atoms with Crippen molar-refractivity contribution in [1.29, 1.82) is 0 Å². The Kier molecular flexibility index (Phi) is 6.28. The maximum atomic E-state index is 12.5. The van der Waals surface area contributed by atoms with Gasteiger partial charge < -0.3 is 15.5 Å². The van der Waals surface area contributed by atoms with Gasteiger partial charge in [0.2, 0.25) is 17.7 Å². The Hall–Kier alpha value is -2.93. The molecule has 4 rings (SSSR count). The highest BCUT2D eigenvalue weighted by atomic mass is 16.2. The number of nitrogens with one attached hydrogen (secondary N) is 2. The van der Waals surface area contributed by atoms with Crippen LogP contribution in [0, 0.1) is 0 Å². The average molecular weight is 409 g/mol. The summed E-state index contributed by atoms with van der Waals surface area (Å²) in [5.74, 6) is -0.170. The Morgan fingerprint density at radius 3 is 2.40 bits per heavy atom. The number of amides is 3. The summed E-state index contributed by atoms with van der Waals surface area (Å²) in [6.07, 6.45) is 2.42. The topological polar surface area (TPSA) is 81.8 Å². The highest BCUT2D eigenvalue weighted by Crippen LogP contribution is 2.19. The van der Waals surface area contributed by atoms with Gasteiger partial charge in [0.25, 0.3) is 0 Å². The molecule has 30 heavy (non-hydrogen) atoms. The van der Waals surface area contributed by atoms with E-state index in [0.29, 0.717) is 38.8 Å². The van der Waals surface area contributed by atoms with E-state index < -0.39 is 0 Å². The molecule has 1 heterocycles. The molecule has 3 amide bonds. The van der Waals surface area contributed by atoms with Crippen molar-refractivity contribution < 1.29 is 14.4 Å². The Balaban J connectivity index is 1.20. The van der Waals surface area contributed by atoms with E-state index >= 15 is 0 Å². The monoisotopic (exact) mass is 408 g/mol. The molecule has 2 aromatic carbocycles. The van der Waals surface area contributed by atoms with Gasteiger partial charge in [-0.1, -0.05) is 42.5 Å². The zero-order chi connectivity index (χ0) is 20.9. The number of nitrogens with zero attached hydrogens (tertiary/aromatic N) is 2. The van der Waals surface area contributed by atoms with E-state index in [1.54, 1.807) is 4.90 Å². The molecule has 0 bridgehead atoms. The van der Waals surface area contributed by atoms with Gasteiger partial charge in [-0.2, -0.15) is 0 Å². The number of rotatable bonds is 7. The van der Waals surface area contributed by atoms with E-state index in [4.69, 9.17) is 0 Å². The van der Waals surface area contributed by atoms with Gasteiger partial charge in [0.1, 0.15) is 0 Å². The zero-order valence-electron chi connectivity index (χ0n) is 17.1. The molecular formula is C23H28N4O3. The number of piperazine rings is 1. The smallest absolute Gasteiger partial charge is 0.242 e. The number of carbonyl (C=O) groups is 3. The van der Waals surface area contributed by atoms with Crippen LogP contribution in [0.1, 0.15) is 18.4 Å². The summed E-state index contributed by atoms with van der Waals surface area (Å²) in [6.45, 7) is 2.90. The van der Waals surface area contributed by atoms with Gasteiger partial charge in [-0.25, -0.2) is 0 Å². The molecule has 1 saturated heterocycles. The Labute approximate surface area is 176 Å². The maximum absolute atomic E-state index is 12.5. The Bertz CT molecular complexity index is 928. The van der Waals surface area contributed by atoms with Crippen molar-refractivity contribution in [3.05, 3.63) is 48.0 Å². The fourth-order valence-corrected chi connectivity index (χ4v) is 3.83. The quantitative estimate of drug-likeness (QED) is 0.714. The molecule has 0 unspecified atom stereocenters. The van der Waals surface area contributed by atoms with Crippen LogP contribution in [0.5, 0.6) is 0 Å². The Morgan fingerprint density at radius 2 is 1.63 bits per heavy atom. The first-order chi connectivity index (χ1) is 14.6. The zero-order valence-corrected chi connectivity index (χ0v) is 17.1. The van der Waals surface area contributed by atoms with Gasteiger partial charge in [-0.3, -0.25) is 19.3 Å². The van der Waals surface area contributed by atoms with Crippen LogP contribution in [-0.2, 0) is 20.8 Å². The van der Waals surface area contributed by atoms with Gasteiger partial charge in [0.15, 0.2) is 0 Å². The summed E-state index contributed by atoms with van der Waals surface area (Å²) < 4.78 is 0. The van der Waals surface area contributed by atoms with Crippen LogP contribution >= 0.6 is 0 Å². The molecule has 0 spiro atoms. The summed E-state index contributed by atoms with van der Waals surface area (Å²) in [5.41, 5.74) is 0.955. The molecule has 1 saturated carbocycles. The lowest BCUT2D eigenvalue weighted by Gasteiger charge is -2.34. The molecule has 2 aliphatic rings. The predicted octanol–water partition coefficient (Wildman–Crippen LogP) is 0.921. The van der Waals surface area contributed by atoms with Gasteiger partial charge in [0.05, 0.1) is 19.5 Å². The second-order valence-electron chi connectivity index (χ2n) is 8.09. The first-order valence-corrected chi connectivity index (χ1v) is 10.6. The summed E-state index contributed by atoms with van der Waals surface area (Å²) in [4.78, 5) is 40.6. The van der Waals surface area contributed by atoms with Crippen LogP contribution in [0.4, 0.5) is 0 Å². The molecule has 0 aromatic heterocycles. The molecule has 1 aliphatic carbocycles. The van der Waals surface area contributed by atoms with Gasteiger partial charge >= 0.3 is 0 Å². The minimum atomic E-state index is -0.157. The predicted molar refractivity (Wildman–Crippen MR) is 115 cm³/mol. The molecule has 158 valence electrons. The minimum Gasteiger partial charge on any atom is -0.352 e. The number of hydrogen-bond acceptors (Lipinski definition) is 4. The lowest BCUT2D eigenvalue weighted by atomic mass is 10.0. The third-order valence-electron chi connectivity index (χ3n) is 5.70. The molecular weight excluding hydrogens is 380 g/mol. The van der Waals surface area contributed by atoms with Crippen LogP contribution in [0.3, 0.4) is 0 Å². The molecule has 0 radical (unpaired) electrons. The van der Waals surface area contributed by atoms with Crippen LogP contribution in [0.15, 0.2) is 42.5 Å². The number of benzene rings is 2. The number of fused-ring (bicyclic) bond motifs is 1. The van der Waals surface area contributed by atoms with Crippen LogP contribution in [0.25, 0.3) is 10.8 Å². The van der Waals surface area contributed by atoms with Crippen molar-refractivity contribution in [3.8, 4) is 0 Å². The number of carbonyl (C=O) groups excluding carboxylic acids is 3. The SMILES string of the molecule is O=C(Cc1cccc2ccccc12)NCC(=O)N1CCN(CC(=O)NC2CC2)CC1. The molecule has 0 atom stereocenters. The third-order valence-corrected chi connectivity index (χ3v) is 5.70. The summed E-state index contributed by atoms with van der Waals surface area (Å²) >= 11 is 0. The normalized spacial score (nSPS) is 17.0. The lowest BCUT2D eigenvalue weighted by Crippen LogP contribution is -2.53. The standard InChI is InChI=1S/C23H28N4O3/c28-21(14-18-6-3-5-17-4-1-2-7-20(17)18)24-15-23(30)27-12-10-26(11-13-27)16-22(29)25-19-8-9-19/h1-7,19H,8-16H2,(H,24,28)(H,25,29). The summed E-state index contributed by atoms with van der Waals surface area (Å²) in [5, 5.41) is 7.91. The van der Waals surface area contributed by atoms with Gasteiger partial charge in [-0.05, 0) is 29.2 Å². The van der Waals surface area contributed by atoms with Crippen molar-refractivity contribution in [3.63, 3.8) is 0 Å². The van der Waals surface area contributed by atoms with Gasteiger partial charge in [0, 0.05) is 32.2 Å². The molecule has 2 aromatic rings.